The second kappa shape index (κ2) is 9.13. The number of halogens is 3. The van der Waals surface area contributed by atoms with Crippen LogP contribution < -0.4 is 4.74 Å². The molecular weight excluding hydrogens is 419 g/mol. The van der Waals surface area contributed by atoms with E-state index in [1.807, 2.05) is 20.8 Å². The molecule has 150 valence electrons. The average molecular weight is 440 g/mol. The van der Waals surface area contributed by atoms with Crippen molar-refractivity contribution >= 4 is 52.7 Å². The van der Waals surface area contributed by atoms with E-state index in [2.05, 4.69) is 13.8 Å². The minimum absolute atomic E-state index is 0.0535. The third-order valence-electron chi connectivity index (χ3n) is 4.51. The summed E-state index contributed by atoms with van der Waals surface area (Å²) in [5, 5.41) is 8.14. The molecule has 0 spiro atoms. The van der Waals surface area contributed by atoms with Crippen LogP contribution in [-0.4, -0.2) is 29.6 Å². The first-order chi connectivity index (χ1) is 12.3. The number of rotatable bonds is 6. The molecule has 1 atom stereocenters. The average Bonchev–Trinajstić information content (AvgIpc) is 2.56. The van der Waals surface area contributed by atoms with Crippen LogP contribution in [0.3, 0.4) is 0 Å². The van der Waals surface area contributed by atoms with Gasteiger partial charge in [0, 0.05) is 5.41 Å². The van der Waals surface area contributed by atoms with E-state index < -0.39 is 29.2 Å². The van der Waals surface area contributed by atoms with Crippen molar-refractivity contribution in [2.24, 2.45) is 17.3 Å². The molecule has 27 heavy (non-hydrogen) atoms. The minimum atomic E-state index is -1.86. The van der Waals surface area contributed by atoms with Crippen LogP contribution in [0.15, 0.2) is 6.07 Å². The topological polar surface area (TPSA) is 89.9 Å². The molecule has 6 nitrogen and oxygen atoms in total. The molecule has 1 rings (SSSR count). The number of ether oxygens (including phenoxy) is 2. The summed E-state index contributed by atoms with van der Waals surface area (Å²) >= 11 is 18.0. The van der Waals surface area contributed by atoms with Crippen molar-refractivity contribution in [1.29, 1.82) is 0 Å². The standard InChI is InChI=1S/C18H21Cl3O6/c1-8(2)9(3)18(4,5)7-26-16(24)12-13(21)10(19)6-11(20)14(12)27-17(25)15(22)23/h6,8-9H,7H2,1-5H3,(H,22,23). The summed E-state index contributed by atoms with van der Waals surface area (Å²) < 4.78 is 10.1. The highest BCUT2D eigenvalue weighted by Gasteiger charge is 2.32. The summed E-state index contributed by atoms with van der Waals surface area (Å²) in [6.07, 6.45) is 0. The highest BCUT2D eigenvalue weighted by molar-refractivity contribution is 6.46. The largest absolute Gasteiger partial charge is 0.473 e. The van der Waals surface area contributed by atoms with Crippen molar-refractivity contribution in [2.75, 3.05) is 6.61 Å². The zero-order valence-electron chi connectivity index (χ0n) is 15.6. The number of benzene rings is 1. The van der Waals surface area contributed by atoms with E-state index in [1.54, 1.807) is 0 Å². The molecule has 1 unspecified atom stereocenters. The smallest absolute Gasteiger partial charge is 0.422 e. The Balaban J connectivity index is 3.22. The maximum absolute atomic E-state index is 12.6. The SMILES string of the molecule is CC(C)C(C)C(C)(C)COC(=O)c1c(Cl)c(Cl)cc(Cl)c1OC(=O)C(=O)O. The third-order valence-corrected chi connectivity index (χ3v) is 5.58. The Labute approximate surface area is 172 Å². The van der Waals surface area contributed by atoms with Crippen molar-refractivity contribution in [2.45, 2.75) is 34.6 Å². The summed E-state index contributed by atoms with van der Waals surface area (Å²) in [6.45, 7) is 10.1. The lowest BCUT2D eigenvalue weighted by atomic mass is 9.75. The first kappa shape index (κ1) is 23.5. The predicted molar refractivity (Wildman–Crippen MR) is 103 cm³/mol. The van der Waals surface area contributed by atoms with Gasteiger partial charge < -0.3 is 14.6 Å². The van der Waals surface area contributed by atoms with Crippen LogP contribution in [0.4, 0.5) is 0 Å². The van der Waals surface area contributed by atoms with Gasteiger partial charge in [0.1, 0.15) is 5.56 Å². The summed E-state index contributed by atoms with van der Waals surface area (Å²) in [5.41, 5.74) is -0.756. The number of hydrogen-bond acceptors (Lipinski definition) is 5. The normalized spacial score (nSPS) is 12.6. The number of carbonyl (C=O) groups excluding carboxylic acids is 2. The Kier molecular flexibility index (Phi) is 7.96. The third kappa shape index (κ3) is 5.74. The Bertz CT molecular complexity index is 758. The second-order valence-corrected chi connectivity index (χ2v) is 8.34. The van der Waals surface area contributed by atoms with Gasteiger partial charge >= 0.3 is 17.9 Å². The number of carboxylic acid groups (broad SMARTS) is 1. The summed E-state index contributed by atoms with van der Waals surface area (Å²) in [6, 6.07) is 1.14. The van der Waals surface area contributed by atoms with Gasteiger partial charge in [-0.25, -0.2) is 14.4 Å². The first-order valence-electron chi connectivity index (χ1n) is 8.09. The fourth-order valence-electron chi connectivity index (χ4n) is 2.35. The quantitative estimate of drug-likeness (QED) is 0.287. The van der Waals surface area contributed by atoms with E-state index in [4.69, 9.17) is 49.4 Å². The van der Waals surface area contributed by atoms with E-state index >= 15 is 0 Å². The zero-order chi connectivity index (χ0) is 21.1. The molecule has 1 aromatic carbocycles. The first-order valence-corrected chi connectivity index (χ1v) is 9.22. The summed E-state index contributed by atoms with van der Waals surface area (Å²) in [4.78, 5) is 34.8. The highest BCUT2D eigenvalue weighted by Crippen LogP contribution is 2.40. The monoisotopic (exact) mass is 438 g/mol. The molecule has 1 aromatic rings. The Morgan fingerprint density at radius 1 is 1.11 bits per heavy atom. The molecule has 1 N–H and O–H groups in total. The Morgan fingerprint density at radius 2 is 1.67 bits per heavy atom. The van der Waals surface area contributed by atoms with Crippen molar-refractivity contribution in [3.8, 4) is 5.75 Å². The van der Waals surface area contributed by atoms with Crippen LogP contribution in [0.2, 0.25) is 15.1 Å². The van der Waals surface area contributed by atoms with Crippen LogP contribution in [0.25, 0.3) is 0 Å². The van der Waals surface area contributed by atoms with E-state index in [1.165, 1.54) is 0 Å². The van der Waals surface area contributed by atoms with Crippen molar-refractivity contribution in [3.05, 3.63) is 26.7 Å². The lowest BCUT2D eigenvalue weighted by Gasteiger charge is -2.34. The molecule has 0 saturated heterocycles. The molecule has 0 radical (unpaired) electrons. The van der Waals surface area contributed by atoms with Gasteiger partial charge in [0.15, 0.2) is 5.75 Å². The number of hydrogen-bond donors (Lipinski definition) is 1. The molecule has 0 aliphatic rings. The van der Waals surface area contributed by atoms with Gasteiger partial charge in [0.25, 0.3) is 0 Å². The molecule has 0 saturated carbocycles. The fraction of sp³-hybridized carbons (Fsp3) is 0.500. The lowest BCUT2D eigenvalue weighted by molar-refractivity contribution is -0.158. The van der Waals surface area contributed by atoms with Crippen LogP contribution in [0.1, 0.15) is 45.0 Å². The molecule has 0 amide bonds. The Hall–Kier alpha value is -1.50. The van der Waals surface area contributed by atoms with Gasteiger partial charge in [0.05, 0.1) is 21.7 Å². The van der Waals surface area contributed by atoms with Gasteiger partial charge in [-0.2, -0.15) is 0 Å². The maximum Gasteiger partial charge on any atom is 0.422 e. The van der Waals surface area contributed by atoms with Crippen LogP contribution in [0, 0.1) is 17.3 Å². The maximum atomic E-state index is 12.6. The minimum Gasteiger partial charge on any atom is -0.473 e. The van der Waals surface area contributed by atoms with E-state index in [9.17, 15) is 14.4 Å². The second-order valence-electron chi connectivity index (χ2n) is 7.15. The van der Waals surface area contributed by atoms with Crippen LogP contribution in [0.5, 0.6) is 5.75 Å². The number of carbonyl (C=O) groups is 3. The molecule has 0 aliphatic heterocycles. The van der Waals surface area contributed by atoms with Crippen molar-refractivity contribution < 1.29 is 29.0 Å². The molecule has 9 heteroatoms. The number of aliphatic carboxylic acids is 1. The highest BCUT2D eigenvalue weighted by atomic mass is 35.5. The van der Waals surface area contributed by atoms with Crippen LogP contribution in [-0.2, 0) is 14.3 Å². The molecule has 0 heterocycles. The zero-order valence-corrected chi connectivity index (χ0v) is 17.8. The number of carboxylic acids is 1. The predicted octanol–water partition coefficient (Wildman–Crippen LogP) is 5.11. The summed E-state index contributed by atoms with van der Waals surface area (Å²) in [5.74, 6) is -4.34. The van der Waals surface area contributed by atoms with Gasteiger partial charge in [0.2, 0.25) is 0 Å². The lowest BCUT2D eigenvalue weighted by Crippen LogP contribution is -2.32. The van der Waals surface area contributed by atoms with E-state index in [0.29, 0.717) is 5.92 Å². The molecule has 0 fully saturated rings. The summed E-state index contributed by atoms with van der Waals surface area (Å²) in [7, 11) is 0. The van der Waals surface area contributed by atoms with Gasteiger partial charge in [-0.3, -0.25) is 0 Å². The molecule has 0 aliphatic carbocycles. The molecule has 0 aromatic heterocycles. The Morgan fingerprint density at radius 3 is 2.15 bits per heavy atom. The van der Waals surface area contributed by atoms with E-state index in [0.717, 1.165) is 6.07 Å². The number of esters is 2. The van der Waals surface area contributed by atoms with Gasteiger partial charge in [-0.05, 0) is 17.9 Å². The van der Waals surface area contributed by atoms with Crippen LogP contribution >= 0.6 is 34.8 Å². The fourth-order valence-corrected chi connectivity index (χ4v) is 3.07. The van der Waals surface area contributed by atoms with Crippen molar-refractivity contribution in [3.63, 3.8) is 0 Å². The van der Waals surface area contributed by atoms with Gasteiger partial charge in [-0.15, -0.1) is 0 Å². The molecular formula is C18H21Cl3O6. The van der Waals surface area contributed by atoms with Crippen molar-refractivity contribution in [1.82, 2.24) is 0 Å². The van der Waals surface area contributed by atoms with Gasteiger partial charge in [-0.1, -0.05) is 69.4 Å². The molecule has 0 bridgehead atoms. The van der Waals surface area contributed by atoms with E-state index in [-0.39, 0.29) is 33.0 Å².